The summed E-state index contributed by atoms with van der Waals surface area (Å²) >= 11 is 0. The standard InChI is InChI=1S/C6H12O5S/c1-6(8,5(7)11-2)4-12(3,9)10/h8H,4H2,1-3H3/t6-/m0/s1. The molecule has 0 aliphatic heterocycles. The molecular formula is C6H12O5S. The lowest BCUT2D eigenvalue weighted by molar-refractivity contribution is -0.158. The van der Waals surface area contributed by atoms with Crippen molar-refractivity contribution in [3.05, 3.63) is 0 Å². The number of esters is 1. The monoisotopic (exact) mass is 196 g/mol. The van der Waals surface area contributed by atoms with Gasteiger partial charge >= 0.3 is 5.97 Å². The van der Waals surface area contributed by atoms with Crippen molar-refractivity contribution in [1.29, 1.82) is 0 Å². The molecule has 72 valence electrons. The minimum Gasteiger partial charge on any atom is -0.467 e. The van der Waals surface area contributed by atoms with Crippen LogP contribution in [0.3, 0.4) is 0 Å². The van der Waals surface area contributed by atoms with Gasteiger partial charge in [0, 0.05) is 6.26 Å². The maximum atomic E-state index is 10.8. The summed E-state index contributed by atoms with van der Waals surface area (Å²) in [6.07, 6.45) is 0.935. The van der Waals surface area contributed by atoms with Gasteiger partial charge in [0.15, 0.2) is 15.4 Å². The lowest BCUT2D eigenvalue weighted by atomic mass is 10.1. The first-order chi connectivity index (χ1) is 5.19. The van der Waals surface area contributed by atoms with E-state index in [1.807, 2.05) is 0 Å². The summed E-state index contributed by atoms with van der Waals surface area (Å²) in [6.45, 7) is 1.10. The number of aliphatic hydroxyl groups is 1. The second-order valence-corrected chi connectivity index (χ2v) is 4.98. The zero-order valence-corrected chi connectivity index (χ0v) is 8.01. The predicted molar refractivity (Wildman–Crippen MR) is 42.4 cm³/mol. The van der Waals surface area contributed by atoms with E-state index in [0.717, 1.165) is 20.3 Å². The number of hydrogen-bond donors (Lipinski definition) is 1. The number of hydrogen-bond acceptors (Lipinski definition) is 5. The summed E-state index contributed by atoms with van der Waals surface area (Å²) in [7, 11) is -2.31. The zero-order chi connectivity index (χ0) is 9.99. The molecule has 0 rings (SSSR count). The number of methoxy groups -OCH3 is 1. The Labute approximate surface area is 71.3 Å². The molecule has 0 aliphatic rings. The highest BCUT2D eigenvalue weighted by Crippen LogP contribution is 2.08. The third-order valence-electron chi connectivity index (χ3n) is 1.17. The van der Waals surface area contributed by atoms with Crippen molar-refractivity contribution in [3.63, 3.8) is 0 Å². The van der Waals surface area contributed by atoms with Gasteiger partial charge < -0.3 is 9.84 Å². The Morgan fingerprint density at radius 3 is 2.25 bits per heavy atom. The van der Waals surface area contributed by atoms with Crippen LogP contribution in [0.2, 0.25) is 0 Å². The topological polar surface area (TPSA) is 80.7 Å². The minimum absolute atomic E-state index is 0.632. The van der Waals surface area contributed by atoms with Gasteiger partial charge in [0.1, 0.15) is 0 Å². The van der Waals surface area contributed by atoms with Crippen molar-refractivity contribution in [3.8, 4) is 0 Å². The van der Waals surface area contributed by atoms with Gasteiger partial charge in [0.2, 0.25) is 0 Å². The van der Waals surface area contributed by atoms with Crippen molar-refractivity contribution in [2.24, 2.45) is 0 Å². The molecule has 0 amide bonds. The summed E-state index contributed by atoms with van der Waals surface area (Å²) in [5, 5.41) is 9.26. The average molecular weight is 196 g/mol. The van der Waals surface area contributed by atoms with Crippen molar-refractivity contribution in [2.45, 2.75) is 12.5 Å². The SMILES string of the molecule is COC(=O)[C@@](C)(O)CS(C)(=O)=O. The Morgan fingerprint density at radius 1 is 1.58 bits per heavy atom. The molecule has 0 aromatic rings. The highest BCUT2D eigenvalue weighted by molar-refractivity contribution is 7.90. The van der Waals surface area contributed by atoms with Gasteiger partial charge in [-0.15, -0.1) is 0 Å². The molecular weight excluding hydrogens is 184 g/mol. The molecule has 0 unspecified atom stereocenters. The number of carbonyl (C=O) groups is 1. The first-order valence-corrected chi connectivity index (χ1v) is 5.23. The fourth-order valence-corrected chi connectivity index (χ4v) is 1.93. The Morgan fingerprint density at radius 2 is 2.00 bits per heavy atom. The minimum atomic E-state index is -3.39. The zero-order valence-electron chi connectivity index (χ0n) is 7.20. The Bertz CT molecular complexity index is 264. The normalized spacial score (nSPS) is 16.7. The molecule has 0 bridgehead atoms. The van der Waals surface area contributed by atoms with Crippen LogP contribution >= 0.6 is 0 Å². The summed E-state index contributed by atoms with van der Waals surface area (Å²) in [5.74, 6) is -1.58. The third-order valence-corrected chi connectivity index (χ3v) is 2.25. The van der Waals surface area contributed by atoms with Gasteiger partial charge in [-0.2, -0.15) is 0 Å². The van der Waals surface area contributed by atoms with Crippen molar-refractivity contribution >= 4 is 15.8 Å². The van der Waals surface area contributed by atoms with Crippen LogP contribution < -0.4 is 0 Å². The smallest absolute Gasteiger partial charge is 0.338 e. The van der Waals surface area contributed by atoms with E-state index >= 15 is 0 Å². The van der Waals surface area contributed by atoms with E-state index in [1.54, 1.807) is 0 Å². The quantitative estimate of drug-likeness (QED) is 0.583. The second kappa shape index (κ2) is 3.40. The molecule has 1 atom stereocenters. The molecule has 5 nitrogen and oxygen atoms in total. The molecule has 0 heterocycles. The van der Waals surface area contributed by atoms with Crippen LogP contribution in [0, 0.1) is 0 Å². The molecule has 0 saturated carbocycles. The largest absolute Gasteiger partial charge is 0.467 e. The molecule has 12 heavy (non-hydrogen) atoms. The van der Waals surface area contributed by atoms with Crippen LogP contribution in [0.4, 0.5) is 0 Å². The maximum Gasteiger partial charge on any atom is 0.338 e. The lowest BCUT2D eigenvalue weighted by Crippen LogP contribution is -2.42. The number of rotatable bonds is 3. The molecule has 0 radical (unpaired) electrons. The Hall–Kier alpha value is -0.620. The van der Waals surface area contributed by atoms with Gasteiger partial charge in [-0.25, -0.2) is 13.2 Å². The molecule has 0 saturated heterocycles. The summed E-state index contributed by atoms with van der Waals surface area (Å²) in [6, 6.07) is 0. The second-order valence-electron chi connectivity index (χ2n) is 2.84. The summed E-state index contributed by atoms with van der Waals surface area (Å²) in [5.41, 5.74) is -1.96. The summed E-state index contributed by atoms with van der Waals surface area (Å²) < 4.78 is 25.6. The van der Waals surface area contributed by atoms with E-state index < -0.39 is 27.2 Å². The highest BCUT2D eigenvalue weighted by Gasteiger charge is 2.35. The fourth-order valence-electron chi connectivity index (χ4n) is 0.789. The van der Waals surface area contributed by atoms with Crippen LogP contribution in [0.1, 0.15) is 6.92 Å². The first-order valence-electron chi connectivity index (χ1n) is 3.17. The lowest BCUT2D eigenvalue weighted by Gasteiger charge is -2.18. The van der Waals surface area contributed by atoms with E-state index in [1.165, 1.54) is 0 Å². The van der Waals surface area contributed by atoms with Gasteiger partial charge in [-0.1, -0.05) is 0 Å². The van der Waals surface area contributed by atoms with Gasteiger partial charge in [0.05, 0.1) is 12.9 Å². The van der Waals surface area contributed by atoms with Gasteiger partial charge in [0.25, 0.3) is 0 Å². The third kappa shape index (κ3) is 3.68. The predicted octanol–water partition coefficient (Wildman–Crippen LogP) is -1.04. The van der Waals surface area contributed by atoms with Crippen molar-refractivity contribution in [2.75, 3.05) is 19.1 Å². The van der Waals surface area contributed by atoms with Crippen LogP contribution in [-0.4, -0.2) is 44.2 Å². The van der Waals surface area contributed by atoms with E-state index in [4.69, 9.17) is 0 Å². The number of ether oxygens (including phenoxy) is 1. The van der Waals surface area contributed by atoms with Crippen LogP contribution in [0.25, 0.3) is 0 Å². The molecule has 0 spiro atoms. The van der Waals surface area contributed by atoms with E-state index in [0.29, 0.717) is 0 Å². The van der Waals surface area contributed by atoms with Crippen molar-refractivity contribution < 1.29 is 23.1 Å². The van der Waals surface area contributed by atoms with Crippen LogP contribution in [-0.2, 0) is 19.4 Å². The maximum absolute atomic E-state index is 10.8. The van der Waals surface area contributed by atoms with Crippen LogP contribution in [0.5, 0.6) is 0 Å². The fraction of sp³-hybridized carbons (Fsp3) is 0.833. The van der Waals surface area contributed by atoms with Crippen molar-refractivity contribution in [1.82, 2.24) is 0 Å². The molecule has 0 fully saturated rings. The Kier molecular flexibility index (Phi) is 3.23. The molecule has 1 N–H and O–H groups in total. The summed E-state index contributed by atoms with van der Waals surface area (Å²) in [4.78, 5) is 10.8. The first kappa shape index (κ1) is 11.4. The molecule has 0 aliphatic carbocycles. The average Bonchev–Trinajstić information content (AvgIpc) is 1.80. The van der Waals surface area contributed by atoms with Crippen LogP contribution in [0.15, 0.2) is 0 Å². The van der Waals surface area contributed by atoms with Gasteiger partial charge in [-0.3, -0.25) is 0 Å². The number of carbonyl (C=O) groups excluding carboxylic acids is 1. The Balaban J connectivity index is 4.54. The van der Waals surface area contributed by atoms with E-state index in [2.05, 4.69) is 4.74 Å². The number of sulfone groups is 1. The van der Waals surface area contributed by atoms with E-state index in [9.17, 15) is 18.3 Å². The molecule has 0 aromatic heterocycles. The van der Waals surface area contributed by atoms with Gasteiger partial charge in [-0.05, 0) is 6.92 Å². The highest BCUT2D eigenvalue weighted by atomic mass is 32.2. The molecule has 6 heteroatoms. The molecule has 0 aromatic carbocycles. The van der Waals surface area contributed by atoms with E-state index in [-0.39, 0.29) is 0 Å².